The quantitative estimate of drug-likeness (QED) is 0.245. The first-order chi connectivity index (χ1) is 12.7. The Bertz CT molecular complexity index is 705. The van der Waals surface area contributed by atoms with E-state index in [9.17, 15) is 0 Å². The van der Waals surface area contributed by atoms with Crippen molar-refractivity contribution in [1.82, 2.24) is 0 Å². The number of hydrogen-bond acceptors (Lipinski definition) is 4. The molecule has 0 unspecified atom stereocenters. The molecule has 0 saturated heterocycles. The number of nitrogens with zero attached hydrogens (tertiary/aromatic N) is 2. The number of rotatable bonds is 10. The summed E-state index contributed by atoms with van der Waals surface area (Å²) in [7, 11) is 0. The molecule has 0 aliphatic rings. The van der Waals surface area contributed by atoms with Gasteiger partial charge in [-0.25, -0.2) is 0 Å². The van der Waals surface area contributed by atoms with Gasteiger partial charge in [0.25, 0.3) is 5.17 Å². The zero-order valence-electron chi connectivity index (χ0n) is 15.6. The minimum Gasteiger partial charge on any atom is -1.00 e. The molecule has 7 heteroatoms. The zero-order valence-corrected chi connectivity index (χ0v) is 18.0. The molecule has 27 heavy (non-hydrogen) atoms. The van der Waals surface area contributed by atoms with Crippen molar-refractivity contribution in [2.24, 2.45) is 16.0 Å². The Balaban J connectivity index is 0.00000364. The van der Waals surface area contributed by atoms with Crippen molar-refractivity contribution in [2.75, 3.05) is 12.4 Å². The largest absolute Gasteiger partial charge is 1.00 e. The molecule has 0 aliphatic carbocycles. The highest BCUT2D eigenvalue weighted by Gasteiger charge is 1.99. The summed E-state index contributed by atoms with van der Waals surface area (Å²) in [5.41, 5.74) is 8.40. The van der Waals surface area contributed by atoms with Crippen LogP contribution < -0.4 is 32.9 Å². The van der Waals surface area contributed by atoms with Crippen LogP contribution in [0.2, 0.25) is 0 Å². The normalized spacial score (nSPS) is 10.6. The van der Waals surface area contributed by atoms with E-state index in [1.165, 1.54) is 30.2 Å². The van der Waals surface area contributed by atoms with Gasteiger partial charge in [0.05, 0.1) is 18.0 Å². The van der Waals surface area contributed by atoms with Gasteiger partial charge in [0.1, 0.15) is 5.75 Å². The van der Waals surface area contributed by atoms with Crippen LogP contribution >= 0.6 is 11.8 Å². The summed E-state index contributed by atoms with van der Waals surface area (Å²) >= 11 is 1.44. The third-order valence-electron chi connectivity index (χ3n) is 3.70. The molecule has 0 radical (unpaired) electrons. The molecule has 0 amide bonds. The second-order valence-electron chi connectivity index (χ2n) is 5.92. The molecule has 5 nitrogen and oxygen atoms in total. The number of azo groups is 1. The molecule has 0 spiro atoms. The Labute approximate surface area is 176 Å². The van der Waals surface area contributed by atoms with Crippen LogP contribution in [0, 0.1) is 0 Å². The molecule has 146 valence electrons. The predicted molar refractivity (Wildman–Crippen MR) is 109 cm³/mol. The lowest BCUT2D eigenvalue weighted by molar-refractivity contribution is -0.110. The lowest BCUT2D eigenvalue weighted by Gasteiger charge is -2.05. The first-order valence-electron chi connectivity index (χ1n) is 8.91. The predicted octanol–water partition coefficient (Wildman–Crippen LogP) is 1.02. The molecule has 0 fully saturated rings. The van der Waals surface area contributed by atoms with Crippen molar-refractivity contribution in [1.29, 1.82) is 0 Å². The molecule has 0 saturated carbocycles. The zero-order chi connectivity index (χ0) is 18.6. The average Bonchev–Trinajstić information content (AvgIpc) is 2.66. The third kappa shape index (κ3) is 9.58. The highest BCUT2D eigenvalue weighted by molar-refractivity contribution is 8.13. The van der Waals surface area contributed by atoms with Crippen LogP contribution in [-0.4, -0.2) is 17.5 Å². The Morgan fingerprint density at radius 1 is 1.00 bits per heavy atom. The van der Waals surface area contributed by atoms with E-state index in [-0.39, 0.29) is 17.0 Å². The van der Waals surface area contributed by atoms with Crippen LogP contribution in [0.15, 0.2) is 58.8 Å². The van der Waals surface area contributed by atoms with Gasteiger partial charge in [-0.3, -0.25) is 11.1 Å². The van der Waals surface area contributed by atoms with Gasteiger partial charge in [0, 0.05) is 5.75 Å². The summed E-state index contributed by atoms with van der Waals surface area (Å²) in [5.74, 6) is 1.67. The lowest BCUT2D eigenvalue weighted by atomic mass is 10.1. The van der Waals surface area contributed by atoms with Gasteiger partial charge >= 0.3 is 0 Å². The van der Waals surface area contributed by atoms with Crippen LogP contribution in [0.1, 0.15) is 31.7 Å². The van der Waals surface area contributed by atoms with E-state index in [0.29, 0.717) is 11.8 Å². The van der Waals surface area contributed by atoms with Crippen molar-refractivity contribution in [3.63, 3.8) is 0 Å². The van der Waals surface area contributed by atoms with E-state index in [1.54, 1.807) is 0 Å². The molecular weight excluding hydrogens is 424 g/mol. The summed E-state index contributed by atoms with van der Waals surface area (Å²) in [6, 6.07) is 15.9. The molecule has 2 aromatic carbocycles. The molecule has 0 bridgehead atoms. The molecular formula is C20H27BrN4OS. The number of aryl methyl sites for hydroxylation is 1. The van der Waals surface area contributed by atoms with Gasteiger partial charge in [-0.15, -0.1) is 0 Å². The van der Waals surface area contributed by atoms with Crippen molar-refractivity contribution in [3.05, 3.63) is 54.1 Å². The number of ether oxygens (including phenoxy) is 1. The van der Waals surface area contributed by atoms with Crippen LogP contribution in [0.5, 0.6) is 5.75 Å². The number of thioether (sulfide) groups is 1. The number of amidine groups is 1. The van der Waals surface area contributed by atoms with E-state index in [2.05, 4.69) is 29.3 Å². The average molecular weight is 451 g/mol. The maximum atomic E-state index is 5.67. The molecule has 0 heterocycles. The fraction of sp³-hybridized carbons (Fsp3) is 0.350. The van der Waals surface area contributed by atoms with Crippen molar-refractivity contribution in [2.45, 2.75) is 32.6 Å². The van der Waals surface area contributed by atoms with Crippen molar-refractivity contribution < 1.29 is 27.1 Å². The van der Waals surface area contributed by atoms with Crippen LogP contribution in [0.3, 0.4) is 0 Å². The number of hydrogen-bond donors (Lipinski definition) is 2. The molecule has 0 aromatic heterocycles. The van der Waals surface area contributed by atoms with E-state index in [1.807, 2.05) is 36.4 Å². The fourth-order valence-electron chi connectivity index (χ4n) is 2.27. The Morgan fingerprint density at radius 3 is 2.15 bits per heavy atom. The van der Waals surface area contributed by atoms with Crippen LogP contribution in [-0.2, 0) is 6.42 Å². The summed E-state index contributed by atoms with van der Waals surface area (Å²) in [6.45, 7) is 2.83. The SMILES string of the molecule is CCCCc1ccc(N=Nc2ccc(OCCCSC(N)=[NH2+])cc2)cc1.[Br-]. The molecule has 0 atom stereocenters. The van der Waals surface area contributed by atoms with E-state index >= 15 is 0 Å². The van der Waals surface area contributed by atoms with Crippen LogP contribution in [0.25, 0.3) is 0 Å². The summed E-state index contributed by atoms with van der Waals surface area (Å²) in [4.78, 5) is 0. The van der Waals surface area contributed by atoms with Gasteiger partial charge in [-0.1, -0.05) is 25.5 Å². The second kappa shape index (κ2) is 13.3. The summed E-state index contributed by atoms with van der Waals surface area (Å²) in [6.07, 6.45) is 4.43. The van der Waals surface area contributed by atoms with E-state index in [4.69, 9.17) is 15.9 Å². The highest BCUT2D eigenvalue weighted by atomic mass is 79.9. The van der Waals surface area contributed by atoms with E-state index in [0.717, 1.165) is 35.7 Å². The van der Waals surface area contributed by atoms with Gasteiger partial charge in [0.15, 0.2) is 0 Å². The standard InChI is InChI=1S/C20H26N4OS.BrH/c1-2-3-5-16-6-8-17(9-7-16)23-24-18-10-12-19(13-11-18)25-14-4-15-26-20(21)22;/h6-13H,2-5,14-15H2,1H3,(H3,21,22);1H. The first-order valence-corrected chi connectivity index (χ1v) is 9.90. The smallest absolute Gasteiger partial charge is 0.299 e. The highest BCUT2D eigenvalue weighted by Crippen LogP contribution is 2.22. The molecule has 4 N–H and O–H groups in total. The fourth-order valence-corrected chi connectivity index (χ4v) is 2.77. The van der Waals surface area contributed by atoms with Crippen molar-refractivity contribution >= 4 is 28.3 Å². The Kier molecular flexibility index (Phi) is 11.4. The van der Waals surface area contributed by atoms with Gasteiger partial charge in [-0.05, 0) is 73.0 Å². The van der Waals surface area contributed by atoms with Crippen molar-refractivity contribution in [3.8, 4) is 5.75 Å². The monoisotopic (exact) mass is 450 g/mol. The topological polar surface area (TPSA) is 85.6 Å². The summed E-state index contributed by atoms with van der Waals surface area (Å²) < 4.78 is 5.67. The third-order valence-corrected chi connectivity index (χ3v) is 4.53. The van der Waals surface area contributed by atoms with Crippen LogP contribution in [0.4, 0.5) is 11.4 Å². The Morgan fingerprint density at radius 2 is 1.59 bits per heavy atom. The second-order valence-corrected chi connectivity index (χ2v) is 7.09. The number of unbranched alkanes of at least 4 members (excludes halogenated alkanes) is 1. The number of halogens is 1. The minimum atomic E-state index is 0. The maximum Gasteiger partial charge on any atom is 0.299 e. The first kappa shape index (κ1) is 23.2. The number of benzene rings is 2. The molecule has 2 aromatic rings. The molecule has 0 aliphatic heterocycles. The maximum absolute atomic E-state index is 5.67. The molecule has 2 rings (SSSR count). The van der Waals surface area contributed by atoms with Gasteiger partial charge in [0.2, 0.25) is 0 Å². The lowest BCUT2D eigenvalue weighted by Crippen LogP contribution is -3.00. The summed E-state index contributed by atoms with van der Waals surface area (Å²) in [5, 5.41) is 14.4. The van der Waals surface area contributed by atoms with Gasteiger partial charge < -0.3 is 21.7 Å². The minimum absolute atomic E-state index is 0. The Hall–Kier alpha value is -1.86. The number of nitrogens with two attached hydrogens (primary N) is 2. The van der Waals surface area contributed by atoms with E-state index < -0.39 is 0 Å². The van der Waals surface area contributed by atoms with Gasteiger partial charge in [-0.2, -0.15) is 10.2 Å².